The van der Waals surface area contributed by atoms with Crippen LogP contribution in [0.1, 0.15) is 19.3 Å². The van der Waals surface area contributed by atoms with Crippen LogP contribution in [0.5, 0.6) is 0 Å². The molecule has 0 aromatic heterocycles. The van der Waals surface area contributed by atoms with Crippen LogP contribution in [-0.2, 0) is 14.3 Å². The summed E-state index contributed by atoms with van der Waals surface area (Å²) >= 11 is 0. The first-order valence-corrected chi connectivity index (χ1v) is 5.87. The van der Waals surface area contributed by atoms with E-state index in [-0.39, 0.29) is 17.6 Å². The second-order valence-corrected chi connectivity index (χ2v) is 4.62. The molecule has 0 aromatic carbocycles. The molecule has 2 saturated heterocycles. The van der Waals surface area contributed by atoms with Crippen LogP contribution in [0.2, 0.25) is 0 Å². The molecular formula is C11H20N2O3. The number of carbonyl (C=O) groups excluding carboxylic acids is 1. The van der Waals surface area contributed by atoms with Gasteiger partial charge in [0.05, 0.1) is 6.61 Å². The zero-order chi connectivity index (χ0) is 11.4. The minimum atomic E-state index is -0.164. The Morgan fingerprint density at radius 2 is 2.56 bits per heavy atom. The lowest BCUT2D eigenvalue weighted by molar-refractivity contribution is -0.119. The van der Waals surface area contributed by atoms with Crippen molar-refractivity contribution in [3.63, 3.8) is 0 Å². The normalized spacial score (nSPS) is 34.3. The summed E-state index contributed by atoms with van der Waals surface area (Å²) in [4.78, 5) is 11.0. The first kappa shape index (κ1) is 11.8. The highest BCUT2D eigenvalue weighted by atomic mass is 16.5. The summed E-state index contributed by atoms with van der Waals surface area (Å²) in [5.41, 5.74) is -0.164. The van der Waals surface area contributed by atoms with Crippen LogP contribution in [-0.4, -0.2) is 51.0 Å². The van der Waals surface area contributed by atoms with Gasteiger partial charge in [-0.25, -0.2) is 0 Å². The number of nitrogens with one attached hydrogen (secondary N) is 2. The van der Waals surface area contributed by atoms with E-state index in [9.17, 15) is 4.79 Å². The molecule has 0 aromatic rings. The van der Waals surface area contributed by atoms with Gasteiger partial charge in [0, 0.05) is 45.7 Å². The van der Waals surface area contributed by atoms with Crippen molar-refractivity contribution in [1.82, 2.24) is 10.6 Å². The van der Waals surface area contributed by atoms with Crippen LogP contribution in [0.3, 0.4) is 0 Å². The lowest BCUT2D eigenvalue weighted by Gasteiger charge is -2.26. The second-order valence-electron chi connectivity index (χ2n) is 4.62. The molecule has 0 spiro atoms. The predicted molar refractivity (Wildman–Crippen MR) is 59.2 cm³/mol. The predicted octanol–water partition coefficient (Wildman–Crippen LogP) is -0.340. The van der Waals surface area contributed by atoms with Gasteiger partial charge in [-0.05, 0) is 6.42 Å². The SMILES string of the molecule is COC1(CNCC2CCC(=O)N2)CCOC1. The molecule has 92 valence electrons. The Labute approximate surface area is 95.9 Å². The minimum Gasteiger partial charge on any atom is -0.378 e. The van der Waals surface area contributed by atoms with E-state index in [1.807, 2.05) is 0 Å². The van der Waals surface area contributed by atoms with Crippen molar-refractivity contribution in [3.05, 3.63) is 0 Å². The molecule has 2 atom stereocenters. The summed E-state index contributed by atoms with van der Waals surface area (Å²) in [6.45, 7) is 3.04. The van der Waals surface area contributed by atoms with Crippen molar-refractivity contribution in [2.45, 2.75) is 30.9 Å². The number of hydrogen-bond acceptors (Lipinski definition) is 4. The topological polar surface area (TPSA) is 59.6 Å². The number of hydrogen-bond donors (Lipinski definition) is 2. The van der Waals surface area contributed by atoms with Crippen LogP contribution < -0.4 is 10.6 Å². The maximum Gasteiger partial charge on any atom is 0.220 e. The Morgan fingerprint density at radius 1 is 1.69 bits per heavy atom. The van der Waals surface area contributed by atoms with E-state index in [2.05, 4.69) is 10.6 Å². The smallest absolute Gasteiger partial charge is 0.220 e. The van der Waals surface area contributed by atoms with E-state index in [0.717, 1.165) is 32.5 Å². The monoisotopic (exact) mass is 228 g/mol. The van der Waals surface area contributed by atoms with Gasteiger partial charge >= 0.3 is 0 Å². The quantitative estimate of drug-likeness (QED) is 0.676. The van der Waals surface area contributed by atoms with Gasteiger partial charge in [0.15, 0.2) is 0 Å². The Balaban J connectivity index is 1.68. The molecule has 5 heteroatoms. The fraction of sp³-hybridized carbons (Fsp3) is 0.909. The summed E-state index contributed by atoms with van der Waals surface area (Å²) in [7, 11) is 1.73. The third kappa shape index (κ3) is 2.72. The average Bonchev–Trinajstić information content (AvgIpc) is 2.89. The van der Waals surface area contributed by atoms with Crippen molar-refractivity contribution in [1.29, 1.82) is 0 Å². The van der Waals surface area contributed by atoms with E-state index in [0.29, 0.717) is 13.0 Å². The van der Waals surface area contributed by atoms with E-state index in [1.165, 1.54) is 0 Å². The molecule has 2 aliphatic heterocycles. The number of ether oxygens (including phenoxy) is 2. The zero-order valence-corrected chi connectivity index (χ0v) is 9.75. The molecule has 2 fully saturated rings. The highest BCUT2D eigenvalue weighted by Crippen LogP contribution is 2.21. The molecule has 1 amide bonds. The van der Waals surface area contributed by atoms with Crippen molar-refractivity contribution in [2.75, 3.05) is 33.4 Å². The Kier molecular flexibility index (Phi) is 3.78. The number of methoxy groups -OCH3 is 1. The molecule has 2 aliphatic rings. The van der Waals surface area contributed by atoms with Gasteiger partial charge in [0.25, 0.3) is 0 Å². The highest BCUT2D eigenvalue weighted by molar-refractivity contribution is 5.78. The second kappa shape index (κ2) is 5.12. The Bertz CT molecular complexity index is 252. The van der Waals surface area contributed by atoms with Crippen LogP contribution in [0.25, 0.3) is 0 Å². The number of carbonyl (C=O) groups is 1. The fourth-order valence-corrected chi connectivity index (χ4v) is 2.27. The third-order valence-corrected chi connectivity index (χ3v) is 3.42. The van der Waals surface area contributed by atoms with Crippen molar-refractivity contribution < 1.29 is 14.3 Å². The lowest BCUT2D eigenvalue weighted by Crippen LogP contribution is -2.46. The molecule has 5 nitrogen and oxygen atoms in total. The summed E-state index contributed by atoms with van der Waals surface area (Å²) in [6, 6.07) is 0.281. The molecule has 2 heterocycles. The van der Waals surface area contributed by atoms with Gasteiger partial charge in [-0.15, -0.1) is 0 Å². The maximum absolute atomic E-state index is 11.0. The standard InChI is InChI=1S/C11H20N2O3/c1-15-11(4-5-16-8-11)7-12-6-9-2-3-10(14)13-9/h9,12H,2-8H2,1H3,(H,13,14). The van der Waals surface area contributed by atoms with Crippen molar-refractivity contribution in [3.8, 4) is 0 Å². The first-order chi connectivity index (χ1) is 7.74. The highest BCUT2D eigenvalue weighted by Gasteiger charge is 2.34. The van der Waals surface area contributed by atoms with Crippen LogP contribution in [0, 0.1) is 0 Å². The minimum absolute atomic E-state index is 0.164. The first-order valence-electron chi connectivity index (χ1n) is 5.87. The molecule has 2 rings (SSSR count). The van der Waals surface area contributed by atoms with Gasteiger partial charge in [0.2, 0.25) is 5.91 Å². The molecule has 0 bridgehead atoms. The molecular weight excluding hydrogens is 208 g/mol. The number of amides is 1. The van der Waals surface area contributed by atoms with E-state index in [1.54, 1.807) is 7.11 Å². The third-order valence-electron chi connectivity index (χ3n) is 3.42. The van der Waals surface area contributed by atoms with Gasteiger partial charge in [0.1, 0.15) is 5.60 Å². The van der Waals surface area contributed by atoms with E-state index < -0.39 is 0 Å². The van der Waals surface area contributed by atoms with Crippen molar-refractivity contribution in [2.24, 2.45) is 0 Å². The lowest BCUT2D eigenvalue weighted by atomic mass is 10.0. The average molecular weight is 228 g/mol. The van der Waals surface area contributed by atoms with Crippen LogP contribution >= 0.6 is 0 Å². The Morgan fingerprint density at radius 3 is 3.12 bits per heavy atom. The molecule has 0 radical (unpaired) electrons. The van der Waals surface area contributed by atoms with Crippen molar-refractivity contribution >= 4 is 5.91 Å². The van der Waals surface area contributed by atoms with Gasteiger partial charge < -0.3 is 20.1 Å². The summed E-state index contributed by atoms with van der Waals surface area (Å²) in [5.74, 6) is 0.164. The van der Waals surface area contributed by atoms with E-state index in [4.69, 9.17) is 9.47 Å². The molecule has 2 unspecified atom stereocenters. The fourth-order valence-electron chi connectivity index (χ4n) is 2.27. The summed E-state index contributed by atoms with van der Waals surface area (Å²) in [5, 5.41) is 6.30. The van der Waals surface area contributed by atoms with Gasteiger partial charge in [-0.1, -0.05) is 0 Å². The molecule has 0 aliphatic carbocycles. The van der Waals surface area contributed by atoms with Crippen LogP contribution in [0.15, 0.2) is 0 Å². The molecule has 0 saturated carbocycles. The van der Waals surface area contributed by atoms with Gasteiger partial charge in [-0.3, -0.25) is 4.79 Å². The zero-order valence-electron chi connectivity index (χ0n) is 9.75. The van der Waals surface area contributed by atoms with Gasteiger partial charge in [-0.2, -0.15) is 0 Å². The molecule has 2 N–H and O–H groups in total. The summed E-state index contributed by atoms with van der Waals surface area (Å²) < 4.78 is 10.9. The van der Waals surface area contributed by atoms with Crippen LogP contribution in [0.4, 0.5) is 0 Å². The number of rotatable bonds is 5. The van der Waals surface area contributed by atoms with E-state index >= 15 is 0 Å². The largest absolute Gasteiger partial charge is 0.378 e. The summed E-state index contributed by atoms with van der Waals surface area (Å²) in [6.07, 6.45) is 2.53. The Hall–Kier alpha value is -0.650. The molecule has 16 heavy (non-hydrogen) atoms. The maximum atomic E-state index is 11.0.